The van der Waals surface area contributed by atoms with Crippen LogP contribution in [-0.2, 0) is 6.18 Å². The number of aromatic nitrogens is 2. The lowest BCUT2D eigenvalue weighted by Gasteiger charge is -2.11. The van der Waals surface area contributed by atoms with Crippen LogP contribution in [0.2, 0.25) is 10.0 Å². The molecule has 0 unspecified atom stereocenters. The van der Waals surface area contributed by atoms with Crippen molar-refractivity contribution in [3.8, 4) is 11.3 Å². The molecule has 0 atom stereocenters. The molecule has 8 heteroatoms. The summed E-state index contributed by atoms with van der Waals surface area (Å²) < 4.78 is 38.4. The SMILES string of the molecule is CNc1nc(-c2cccc(Cl)c2Cl)cc(C(F)(F)F)n1. The van der Waals surface area contributed by atoms with Crippen molar-refractivity contribution in [3.63, 3.8) is 0 Å². The third kappa shape index (κ3) is 2.96. The van der Waals surface area contributed by atoms with Crippen LogP contribution >= 0.6 is 23.2 Å². The highest BCUT2D eigenvalue weighted by Gasteiger charge is 2.34. The van der Waals surface area contributed by atoms with Gasteiger partial charge in [0, 0.05) is 12.6 Å². The minimum absolute atomic E-state index is 0.0455. The van der Waals surface area contributed by atoms with Gasteiger partial charge in [0.15, 0.2) is 5.69 Å². The molecular weight excluding hydrogens is 314 g/mol. The molecule has 106 valence electrons. The molecule has 2 aromatic rings. The van der Waals surface area contributed by atoms with Gasteiger partial charge >= 0.3 is 6.18 Å². The van der Waals surface area contributed by atoms with Gasteiger partial charge in [-0.2, -0.15) is 13.2 Å². The second-order valence-electron chi connectivity index (χ2n) is 3.81. The minimum atomic E-state index is -4.58. The Morgan fingerprint density at radius 1 is 1.15 bits per heavy atom. The van der Waals surface area contributed by atoms with Crippen molar-refractivity contribution in [3.05, 3.63) is 40.0 Å². The fourth-order valence-electron chi connectivity index (χ4n) is 1.54. The Kier molecular flexibility index (Phi) is 4.06. The van der Waals surface area contributed by atoms with Gasteiger partial charge in [-0.1, -0.05) is 35.3 Å². The number of hydrogen-bond acceptors (Lipinski definition) is 3. The largest absolute Gasteiger partial charge is 0.433 e. The Morgan fingerprint density at radius 2 is 1.85 bits per heavy atom. The molecule has 0 saturated heterocycles. The molecule has 0 aliphatic carbocycles. The van der Waals surface area contributed by atoms with Gasteiger partial charge in [0.2, 0.25) is 5.95 Å². The van der Waals surface area contributed by atoms with Crippen LogP contribution in [0, 0.1) is 0 Å². The van der Waals surface area contributed by atoms with Crippen molar-refractivity contribution in [1.29, 1.82) is 0 Å². The highest BCUT2D eigenvalue weighted by molar-refractivity contribution is 6.43. The Balaban J connectivity index is 2.65. The first kappa shape index (κ1) is 14.9. The number of rotatable bonds is 2. The standard InChI is InChI=1S/C12H8Cl2F3N3/c1-18-11-19-8(5-9(20-11)12(15,16)17)6-3-2-4-7(13)10(6)14/h2-5H,1H3,(H,18,19,20). The first-order valence-corrected chi connectivity index (χ1v) is 6.17. The normalized spacial score (nSPS) is 11.5. The summed E-state index contributed by atoms with van der Waals surface area (Å²) in [6.45, 7) is 0. The van der Waals surface area contributed by atoms with E-state index >= 15 is 0 Å². The van der Waals surface area contributed by atoms with Gasteiger partial charge < -0.3 is 5.32 Å². The number of nitrogens with zero attached hydrogens (tertiary/aromatic N) is 2. The second-order valence-corrected chi connectivity index (χ2v) is 4.60. The zero-order chi connectivity index (χ0) is 14.9. The molecular formula is C12H8Cl2F3N3. The quantitative estimate of drug-likeness (QED) is 0.884. The predicted octanol–water partition coefficient (Wildman–Crippen LogP) is 4.51. The van der Waals surface area contributed by atoms with E-state index in [0.717, 1.165) is 6.07 Å². The van der Waals surface area contributed by atoms with Gasteiger partial charge in [0.1, 0.15) is 0 Å². The zero-order valence-corrected chi connectivity index (χ0v) is 11.6. The van der Waals surface area contributed by atoms with Crippen LogP contribution in [0.1, 0.15) is 5.69 Å². The molecule has 0 spiro atoms. The van der Waals surface area contributed by atoms with E-state index in [-0.39, 0.29) is 21.7 Å². The Morgan fingerprint density at radius 3 is 2.45 bits per heavy atom. The van der Waals surface area contributed by atoms with Crippen LogP contribution in [0.5, 0.6) is 0 Å². The van der Waals surface area contributed by atoms with E-state index < -0.39 is 11.9 Å². The van der Waals surface area contributed by atoms with Crippen LogP contribution in [0.25, 0.3) is 11.3 Å². The third-order valence-electron chi connectivity index (χ3n) is 2.47. The maximum absolute atomic E-state index is 12.8. The van der Waals surface area contributed by atoms with Crippen molar-refractivity contribution < 1.29 is 13.2 Å². The van der Waals surface area contributed by atoms with Gasteiger partial charge in [-0.05, 0) is 12.1 Å². The predicted molar refractivity (Wildman–Crippen MR) is 72.0 cm³/mol. The minimum Gasteiger partial charge on any atom is -0.357 e. The summed E-state index contributed by atoms with van der Waals surface area (Å²) in [5.74, 6) is -0.147. The maximum Gasteiger partial charge on any atom is 0.433 e. The van der Waals surface area contributed by atoms with Crippen molar-refractivity contribution >= 4 is 29.2 Å². The first-order chi connectivity index (χ1) is 9.32. The van der Waals surface area contributed by atoms with E-state index in [9.17, 15) is 13.2 Å². The summed E-state index contributed by atoms with van der Waals surface area (Å²) in [6.07, 6.45) is -4.58. The number of nitrogens with one attached hydrogen (secondary N) is 1. The molecule has 0 radical (unpaired) electrons. The molecule has 1 N–H and O–H groups in total. The lowest BCUT2D eigenvalue weighted by atomic mass is 10.1. The average Bonchev–Trinajstić information content (AvgIpc) is 2.40. The molecule has 0 aliphatic heterocycles. The summed E-state index contributed by atoms with van der Waals surface area (Å²) in [5.41, 5.74) is -0.698. The molecule has 0 aliphatic rings. The molecule has 0 bridgehead atoms. The average molecular weight is 322 g/mol. The molecule has 1 aromatic heterocycles. The Labute approximate surface area is 122 Å². The zero-order valence-electron chi connectivity index (χ0n) is 10.1. The fourth-order valence-corrected chi connectivity index (χ4v) is 1.94. The molecule has 0 fully saturated rings. The highest BCUT2D eigenvalue weighted by atomic mass is 35.5. The number of benzene rings is 1. The van der Waals surface area contributed by atoms with Crippen molar-refractivity contribution in [2.45, 2.75) is 6.18 Å². The molecule has 1 heterocycles. The lowest BCUT2D eigenvalue weighted by Crippen LogP contribution is -2.11. The molecule has 1 aromatic carbocycles. The van der Waals surface area contributed by atoms with Gasteiger partial charge in [0.05, 0.1) is 15.7 Å². The molecule has 0 saturated carbocycles. The highest BCUT2D eigenvalue weighted by Crippen LogP contribution is 2.35. The van der Waals surface area contributed by atoms with Crippen molar-refractivity contribution in [2.75, 3.05) is 12.4 Å². The van der Waals surface area contributed by atoms with Crippen LogP contribution in [0.4, 0.5) is 19.1 Å². The topological polar surface area (TPSA) is 37.8 Å². The molecule has 3 nitrogen and oxygen atoms in total. The number of anilines is 1. The summed E-state index contributed by atoms with van der Waals surface area (Å²) in [5, 5.41) is 2.87. The van der Waals surface area contributed by atoms with Crippen LogP contribution < -0.4 is 5.32 Å². The summed E-state index contributed by atoms with van der Waals surface area (Å²) in [7, 11) is 1.43. The van der Waals surface area contributed by atoms with Crippen molar-refractivity contribution in [2.24, 2.45) is 0 Å². The van der Waals surface area contributed by atoms with E-state index in [1.165, 1.54) is 19.2 Å². The van der Waals surface area contributed by atoms with Crippen LogP contribution in [0.15, 0.2) is 24.3 Å². The Hall–Kier alpha value is -1.53. The van der Waals surface area contributed by atoms with E-state index in [2.05, 4.69) is 15.3 Å². The third-order valence-corrected chi connectivity index (χ3v) is 3.29. The Bertz CT molecular complexity index is 644. The van der Waals surface area contributed by atoms with Gasteiger partial charge in [0.25, 0.3) is 0 Å². The van der Waals surface area contributed by atoms with Crippen LogP contribution in [0.3, 0.4) is 0 Å². The van der Waals surface area contributed by atoms with Crippen LogP contribution in [-0.4, -0.2) is 17.0 Å². The summed E-state index contributed by atoms with van der Waals surface area (Å²) in [6, 6.07) is 5.49. The smallest absolute Gasteiger partial charge is 0.357 e. The number of hydrogen-bond donors (Lipinski definition) is 1. The number of alkyl halides is 3. The van der Waals surface area contributed by atoms with E-state index in [1.807, 2.05) is 0 Å². The lowest BCUT2D eigenvalue weighted by molar-refractivity contribution is -0.141. The fraction of sp³-hybridized carbons (Fsp3) is 0.167. The van der Waals surface area contributed by atoms with Gasteiger partial charge in [-0.3, -0.25) is 0 Å². The maximum atomic E-state index is 12.8. The summed E-state index contributed by atoms with van der Waals surface area (Å²) in [4.78, 5) is 7.35. The molecule has 2 rings (SSSR count). The molecule has 20 heavy (non-hydrogen) atoms. The van der Waals surface area contributed by atoms with Gasteiger partial charge in [-0.15, -0.1) is 0 Å². The molecule has 0 amide bonds. The second kappa shape index (κ2) is 5.46. The van der Waals surface area contributed by atoms with Gasteiger partial charge in [-0.25, -0.2) is 9.97 Å². The van der Waals surface area contributed by atoms with E-state index in [0.29, 0.717) is 5.56 Å². The van der Waals surface area contributed by atoms with E-state index in [4.69, 9.17) is 23.2 Å². The monoisotopic (exact) mass is 321 g/mol. The van der Waals surface area contributed by atoms with Crippen molar-refractivity contribution in [1.82, 2.24) is 9.97 Å². The summed E-state index contributed by atoms with van der Waals surface area (Å²) >= 11 is 11.8. The van der Waals surface area contributed by atoms with E-state index in [1.54, 1.807) is 6.07 Å². The first-order valence-electron chi connectivity index (χ1n) is 5.41. The number of halogens is 5.